The number of hydrogen-bond donors (Lipinski definition) is 0. The van der Waals surface area contributed by atoms with Gasteiger partial charge in [-0.1, -0.05) is 48.5 Å². The normalized spacial score (nSPS) is 21.5. The van der Waals surface area contributed by atoms with Gasteiger partial charge in [0.15, 0.2) is 0 Å². The van der Waals surface area contributed by atoms with E-state index in [2.05, 4.69) is 0 Å². The zero-order valence-electron chi connectivity index (χ0n) is 17.1. The smallest absolute Gasteiger partial charge is 0.245 e. The van der Waals surface area contributed by atoms with Crippen LogP contribution in [0.25, 0.3) is 0 Å². The Hall–Kier alpha value is -2.86. The molecule has 2 amide bonds. The number of carbonyl (C=O) groups is 2. The molecular formula is C24H28N2O4. The van der Waals surface area contributed by atoms with Crippen LogP contribution in [0.15, 0.2) is 60.7 Å². The molecule has 0 N–H and O–H groups in total. The molecule has 0 bridgehead atoms. The quantitative estimate of drug-likeness (QED) is 0.737. The first-order chi connectivity index (χ1) is 14.7. The lowest BCUT2D eigenvalue weighted by molar-refractivity contribution is -0.146. The van der Waals surface area contributed by atoms with Crippen molar-refractivity contribution in [2.45, 2.75) is 31.4 Å². The van der Waals surface area contributed by atoms with Gasteiger partial charge in [0.05, 0.1) is 19.8 Å². The summed E-state index contributed by atoms with van der Waals surface area (Å²) in [4.78, 5) is 29.8. The van der Waals surface area contributed by atoms with Crippen LogP contribution in [0.1, 0.15) is 18.4 Å². The predicted molar refractivity (Wildman–Crippen MR) is 113 cm³/mol. The molecule has 0 spiro atoms. The maximum absolute atomic E-state index is 13.2. The van der Waals surface area contributed by atoms with Crippen LogP contribution in [-0.2, 0) is 20.7 Å². The molecule has 2 saturated heterocycles. The number of hydrogen-bond acceptors (Lipinski definition) is 4. The number of rotatable bonds is 6. The summed E-state index contributed by atoms with van der Waals surface area (Å²) in [6, 6.07) is 19.1. The Morgan fingerprint density at radius 3 is 2.33 bits per heavy atom. The van der Waals surface area contributed by atoms with Gasteiger partial charge in [0.1, 0.15) is 17.9 Å². The van der Waals surface area contributed by atoms with Gasteiger partial charge in [0, 0.05) is 25.9 Å². The molecule has 30 heavy (non-hydrogen) atoms. The summed E-state index contributed by atoms with van der Waals surface area (Å²) in [6.07, 6.45) is 1.37. The van der Waals surface area contributed by atoms with Gasteiger partial charge in [-0.25, -0.2) is 0 Å². The summed E-state index contributed by atoms with van der Waals surface area (Å²) in [7, 11) is 0. The Morgan fingerprint density at radius 2 is 1.63 bits per heavy atom. The summed E-state index contributed by atoms with van der Waals surface area (Å²) in [5, 5.41) is 0. The van der Waals surface area contributed by atoms with E-state index in [9.17, 15) is 9.59 Å². The molecule has 2 fully saturated rings. The number of morpholine rings is 1. The minimum Gasteiger partial charge on any atom is -0.488 e. The number of nitrogens with zero attached hydrogens (tertiary/aromatic N) is 2. The lowest BCUT2D eigenvalue weighted by Gasteiger charge is -2.32. The molecule has 158 valence electrons. The van der Waals surface area contributed by atoms with Gasteiger partial charge in [0.25, 0.3) is 0 Å². The van der Waals surface area contributed by atoms with Crippen molar-refractivity contribution in [1.82, 2.24) is 9.80 Å². The first kappa shape index (κ1) is 20.4. The zero-order chi connectivity index (χ0) is 20.8. The Bertz CT molecular complexity index is 837. The number of aryl methyl sites for hydroxylation is 1. The highest BCUT2D eigenvalue weighted by atomic mass is 16.5. The number of carbonyl (C=O) groups excluding carboxylic acids is 2. The van der Waals surface area contributed by atoms with Crippen LogP contribution >= 0.6 is 0 Å². The van der Waals surface area contributed by atoms with Crippen molar-refractivity contribution in [3.05, 3.63) is 66.2 Å². The van der Waals surface area contributed by atoms with Crippen molar-refractivity contribution in [2.24, 2.45) is 0 Å². The van der Waals surface area contributed by atoms with E-state index < -0.39 is 6.04 Å². The summed E-state index contributed by atoms with van der Waals surface area (Å²) in [5.74, 6) is 0.772. The molecule has 0 unspecified atom stereocenters. The molecule has 2 atom stereocenters. The number of benzene rings is 2. The standard InChI is InChI=1S/C24H28N2O4/c27-23(12-11-19-7-3-1-4-8-19)26-18-21(30-20-9-5-2-6-10-20)17-22(26)24(28)25-13-15-29-16-14-25/h1-10,21-22H,11-18H2/t21-,22+/m0/s1. The molecule has 2 aliphatic rings. The molecular weight excluding hydrogens is 380 g/mol. The highest BCUT2D eigenvalue weighted by molar-refractivity contribution is 5.88. The van der Waals surface area contributed by atoms with E-state index in [4.69, 9.17) is 9.47 Å². The molecule has 4 rings (SSSR count). The van der Waals surface area contributed by atoms with E-state index in [0.29, 0.717) is 52.1 Å². The van der Waals surface area contributed by atoms with Crippen LogP contribution in [0.3, 0.4) is 0 Å². The SMILES string of the molecule is O=C([C@H]1C[C@H](Oc2ccccc2)CN1C(=O)CCc1ccccc1)N1CCOCC1. The van der Waals surface area contributed by atoms with E-state index in [-0.39, 0.29) is 17.9 Å². The maximum atomic E-state index is 13.2. The fraction of sp³-hybridized carbons (Fsp3) is 0.417. The number of amides is 2. The van der Waals surface area contributed by atoms with Crippen molar-refractivity contribution < 1.29 is 19.1 Å². The second-order valence-electron chi connectivity index (χ2n) is 7.77. The van der Waals surface area contributed by atoms with Gasteiger partial charge in [-0.3, -0.25) is 9.59 Å². The fourth-order valence-corrected chi connectivity index (χ4v) is 4.12. The zero-order valence-corrected chi connectivity index (χ0v) is 17.1. The lowest BCUT2D eigenvalue weighted by atomic mass is 10.1. The van der Waals surface area contributed by atoms with E-state index in [0.717, 1.165) is 11.3 Å². The van der Waals surface area contributed by atoms with Crippen LogP contribution in [0.2, 0.25) is 0 Å². The van der Waals surface area contributed by atoms with E-state index in [1.807, 2.05) is 65.6 Å². The number of ether oxygens (including phenoxy) is 2. The van der Waals surface area contributed by atoms with E-state index in [1.165, 1.54) is 0 Å². The van der Waals surface area contributed by atoms with Gasteiger partial charge in [-0.15, -0.1) is 0 Å². The molecule has 2 aromatic carbocycles. The molecule has 6 nitrogen and oxygen atoms in total. The monoisotopic (exact) mass is 408 g/mol. The topological polar surface area (TPSA) is 59.1 Å². The minimum atomic E-state index is -0.472. The molecule has 6 heteroatoms. The molecule has 0 radical (unpaired) electrons. The van der Waals surface area contributed by atoms with Gasteiger partial charge >= 0.3 is 0 Å². The third-order valence-corrected chi connectivity index (χ3v) is 5.71. The Balaban J connectivity index is 1.45. The molecule has 0 saturated carbocycles. The molecule has 2 aromatic rings. The average Bonchev–Trinajstić information content (AvgIpc) is 3.22. The number of para-hydroxylation sites is 1. The molecule has 2 aliphatic heterocycles. The predicted octanol–water partition coefficient (Wildman–Crippen LogP) is 2.53. The van der Waals surface area contributed by atoms with Gasteiger partial charge < -0.3 is 19.3 Å². The van der Waals surface area contributed by atoms with Crippen molar-refractivity contribution in [3.63, 3.8) is 0 Å². The van der Waals surface area contributed by atoms with Crippen molar-refractivity contribution in [1.29, 1.82) is 0 Å². The maximum Gasteiger partial charge on any atom is 0.245 e. The van der Waals surface area contributed by atoms with Crippen molar-refractivity contribution in [2.75, 3.05) is 32.8 Å². The Kier molecular flexibility index (Phi) is 6.64. The highest BCUT2D eigenvalue weighted by Gasteiger charge is 2.42. The first-order valence-corrected chi connectivity index (χ1v) is 10.6. The van der Waals surface area contributed by atoms with E-state index >= 15 is 0 Å². The molecule has 0 aromatic heterocycles. The van der Waals surface area contributed by atoms with Gasteiger partial charge in [-0.2, -0.15) is 0 Å². The third kappa shape index (κ3) is 5.00. The van der Waals surface area contributed by atoms with Crippen LogP contribution in [-0.4, -0.2) is 66.6 Å². The molecule has 2 heterocycles. The van der Waals surface area contributed by atoms with Crippen LogP contribution in [0, 0.1) is 0 Å². The van der Waals surface area contributed by atoms with Crippen LogP contribution in [0.5, 0.6) is 5.75 Å². The molecule has 0 aliphatic carbocycles. The van der Waals surface area contributed by atoms with Gasteiger partial charge in [0.2, 0.25) is 11.8 Å². The van der Waals surface area contributed by atoms with Crippen LogP contribution < -0.4 is 4.74 Å². The summed E-state index contributed by atoms with van der Waals surface area (Å²) < 4.78 is 11.5. The van der Waals surface area contributed by atoms with E-state index in [1.54, 1.807) is 4.90 Å². The van der Waals surface area contributed by atoms with Gasteiger partial charge in [-0.05, 0) is 24.1 Å². The highest BCUT2D eigenvalue weighted by Crippen LogP contribution is 2.26. The van der Waals surface area contributed by atoms with Crippen molar-refractivity contribution in [3.8, 4) is 5.75 Å². The largest absolute Gasteiger partial charge is 0.488 e. The second-order valence-corrected chi connectivity index (χ2v) is 7.77. The lowest BCUT2D eigenvalue weighted by Crippen LogP contribution is -2.51. The van der Waals surface area contributed by atoms with Crippen LogP contribution in [0.4, 0.5) is 0 Å². The van der Waals surface area contributed by atoms with Crippen molar-refractivity contribution >= 4 is 11.8 Å². The fourth-order valence-electron chi connectivity index (χ4n) is 4.12. The summed E-state index contributed by atoms with van der Waals surface area (Å²) >= 11 is 0. The first-order valence-electron chi connectivity index (χ1n) is 10.6. The Labute approximate surface area is 177 Å². The minimum absolute atomic E-state index is 0.00428. The Morgan fingerprint density at radius 1 is 0.967 bits per heavy atom. The summed E-state index contributed by atoms with van der Waals surface area (Å²) in [6.45, 7) is 2.68. The number of likely N-dealkylation sites (tertiary alicyclic amines) is 1. The third-order valence-electron chi connectivity index (χ3n) is 5.71. The average molecular weight is 408 g/mol. The summed E-state index contributed by atoms with van der Waals surface area (Å²) in [5.41, 5.74) is 1.12. The second kappa shape index (κ2) is 9.76.